The molecule has 1 fully saturated rings. The first-order chi connectivity index (χ1) is 9.28. The summed E-state index contributed by atoms with van der Waals surface area (Å²) in [5.41, 5.74) is 2.64. The molecule has 2 unspecified atom stereocenters. The van der Waals surface area contributed by atoms with Crippen LogP contribution in [0.15, 0.2) is 6.07 Å². The molecular weight excluding hydrogens is 234 g/mol. The highest BCUT2D eigenvalue weighted by Crippen LogP contribution is 2.29. The molecule has 108 valence electrons. The molecule has 0 saturated heterocycles. The third-order valence-corrected chi connectivity index (χ3v) is 4.48. The van der Waals surface area contributed by atoms with Crippen molar-refractivity contribution in [2.75, 3.05) is 6.54 Å². The molecule has 1 saturated carbocycles. The van der Waals surface area contributed by atoms with Gasteiger partial charge in [-0.1, -0.05) is 27.2 Å². The third kappa shape index (κ3) is 3.59. The minimum absolute atomic E-state index is 0.747. The highest BCUT2D eigenvalue weighted by molar-refractivity contribution is 5.10. The second-order valence-electron chi connectivity index (χ2n) is 5.70. The molecule has 0 aliphatic heterocycles. The Morgan fingerprint density at radius 1 is 1.26 bits per heavy atom. The number of nitrogens with zero attached hydrogens (tertiary/aromatic N) is 2. The number of nitrogens with one attached hydrogen (secondary N) is 1. The fourth-order valence-corrected chi connectivity index (χ4v) is 3.37. The molecule has 0 amide bonds. The number of hydrogen-bond acceptors (Lipinski definition) is 2. The van der Waals surface area contributed by atoms with E-state index in [2.05, 4.69) is 36.8 Å². The fourth-order valence-electron chi connectivity index (χ4n) is 3.37. The average molecular weight is 263 g/mol. The number of aryl methyl sites for hydroxylation is 3. The second kappa shape index (κ2) is 7.09. The summed E-state index contributed by atoms with van der Waals surface area (Å²) in [6.07, 6.45) is 7.55. The van der Waals surface area contributed by atoms with E-state index in [0.717, 1.165) is 37.9 Å². The topological polar surface area (TPSA) is 29.9 Å². The number of rotatable bonds is 7. The Morgan fingerprint density at radius 2 is 2.11 bits per heavy atom. The van der Waals surface area contributed by atoms with E-state index in [0.29, 0.717) is 0 Å². The van der Waals surface area contributed by atoms with E-state index in [4.69, 9.17) is 5.10 Å². The van der Waals surface area contributed by atoms with Gasteiger partial charge in [0.25, 0.3) is 0 Å². The molecule has 1 aliphatic carbocycles. The summed E-state index contributed by atoms with van der Waals surface area (Å²) in [4.78, 5) is 0. The number of hydrogen-bond donors (Lipinski definition) is 1. The van der Waals surface area contributed by atoms with Gasteiger partial charge in [-0.25, -0.2) is 0 Å². The van der Waals surface area contributed by atoms with Crippen LogP contribution in [-0.4, -0.2) is 22.4 Å². The van der Waals surface area contributed by atoms with Gasteiger partial charge in [-0.2, -0.15) is 5.10 Å². The van der Waals surface area contributed by atoms with Gasteiger partial charge in [0, 0.05) is 18.3 Å². The maximum atomic E-state index is 4.73. The molecule has 0 spiro atoms. The molecule has 0 radical (unpaired) electrons. The predicted octanol–water partition coefficient (Wildman–Crippen LogP) is 3.18. The third-order valence-electron chi connectivity index (χ3n) is 4.48. The normalized spacial score (nSPS) is 23.1. The molecule has 1 aromatic rings. The summed E-state index contributed by atoms with van der Waals surface area (Å²) >= 11 is 0. The van der Waals surface area contributed by atoms with Gasteiger partial charge < -0.3 is 5.32 Å². The first-order valence-corrected chi connectivity index (χ1v) is 8.07. The van der Waals surface area contributed by atoms with Gasteiger partial charge in [-0.15, -0.1) is 0 Å². The maximum Gasteiger partial charge on any atom is 0.0624 e. The summed E-state index contributed by atoms with van der Waals surface area (Å²) < 4.78 is 2.25. The van der Waals surface area contributed by atoms with Crippen LogP contribution in [0.25, 0.3) is 0 Å². The molecular formula is C16H29N3. The van der Waals surface area contributed by atoms with Crippen LogP contribution in [0.2, 0.25) is 0 Å². The van der Waals surface area contributed by atoms with Crippen molar-refractivity contribution in [1.29, 1.82) is 0 Å². The highest BCUT2D eigenvalue weighted by atomic mass is 15.3. The van der Waals surface area contributed by atoms with Crippen molar-refractivity contribution in [3.63, 3.8) is 0 Å². The largest absolute Gasteiger partial charge is 0.314 e. The van der Waals surface area contributed by atoms with Gasteiger partial charge in [-0.05, 0) is 50.6 Å². The van der Waals surface area contributed by atoms with Crippen molar-refractivity contribution >= 4 is 0 Å². The second-order valence-corrected chi connectivity index (χ2v) is 5.70. The molecule has 2 atom stereocenters. The van der Waals surface area contributed by atoms with Crippen molar-refractivity contribution in [2.24, 2.45) is 5.92 Å². The Kier molecular flexibility index (Phi) is 5.44. The quantitative estimate of drug-likeness (QED) is 0.819. The first kappa shape index (κ1) is 14.6. The van der Waals surface area contributed by atoms with Crippen LogP contribution in [0.5, 0.6) is 0 Å². The highest BCUT2D eigenvalue weighted by Gasteiger charge is 2.26. The SMILES string of the molecule is CCNC1CCCC1CCn1nc(CC)cc1CC. The zero-order valence-electron chi connectivity index (χ0n) is 12.8. The predicted molar refractivity (Wildman–Crippen MR) is 80.4 cm³/mol. The molecule has 0 bridgehead atoms. The van der Waals surface area contributed by atoms with Crippen LogP contribution in [0.4, 0.5) is 0 Å². The molecule has 2 rings (SSSR count). The molecule has 1 heterocycles. The van der Waals surface area contributed by atoms with E-state index in [1.165, 1.54) is 37.1 Å². The fraction of sp³-hybridized carbons (Fsp3) is 0.812. The van der Waals surface area contributed by atoms with Gasteiger partial charge in [-0.3, -0.25) is 4.68 Å². The lowest BCUT2D eigenvalue weighted by atomic mass is 9.99. The molecule has 1 aromatic heterocycles. The zero-order valence-corrected chi connectivity index (χ0v) is 12.8. The van der Waals surface area contributed by atoms with Crippen molar-refractivity contribution in [1.82, 2.24) is 15.1 Å². The monoisotopic (exact) mass is 263 g/mol. The lowest BCUT2D eigenvalue weighted by Gasteiger charge is -2.20. The average Bonchev–Trinajstić information content (AvgIpc) is 3.02. The Bertz CT molecular complexity index is 383. The van der Waals surface area contributed by atoms with Gasteiger partial charge in [0.15, 0.2) is 0 Å². The van der Waals surface area contributed by atoms with Crippen molar-refractivity contribution in [2.45, 2.75) is 71.9 Å². The molecule has 3 nitrogen and oxygen atoms in total. The summed E-state index contributed by atoms with van der Waals surface area (Å²) in [6, 6.07) is 3.02. The zero-order chi connectivity index (χ0) is 13.7. The Labute approximate surface area is 117 Å². The molecule has 3 heteroatoms. The van der Waals surface area contributed by atoms with Crippen LogP contribution in [-0.2, 0) is 19.4 Å². The van der Waals surface area contributed by atoms with Crippen LogP contribution in [0, 0.1) is 5.92 Å². The molecule has 19 heavy (non-hydrogen) atoms. The van der Waals surface area contributed by atoms with E-state index in [-0.39, 0.29) is 0 Å². The van der Waals surface area contributed by atoms with E-state index in [1.807, 2.05) is 0 Å². The lowest BCUT2D eigenvalue weighted by Crippen LogP contribution is -2.32. The summed E-state index contributed by atoms with van der Waals surface area (Å²) in [5.74, 6) is 0.846. The molecule has 1 aliphatic rings. The van der Waals surface area contributed by atoms with Gasteiger partial charge in [0.2, 0.25) is 0 Å². The molecule has 1 N–H and O–H groups in total. The standard InChI is InChI=1S/C16H29N3/c1-4-14-12-15(5-2)19(18-14)11-10-13-8-7-9-16(13)17-6-3/h12-13,16-17H,4-11H2,1-3H3. The van der Waals surface area contributed by atoms with E-state index >= 15 is 0 Å². The van der Waals surface area contributed by atoms with Crippen molar-refractivity contribution < 1.29 is 0 Å². The van der Waals surface area contributed by atoms with Gasteiger partial charge >= 0.3 is 0 Å². The van der Waals surface area contributed by atoms with Crippen LogP contribution in [0.1, 0.15) is 57.8 Å². The summed E-state index contributed by atoms with van der Waals surface area (Å²) in [5, 5.41) is 8.37. The van der Waals surface area contributed by atoms with Gasteiger partial charge in [0.1, 0.15) is 0 Å². The van der Waals surface area contributed by atoms with E-state index in [9.17, 15) is 0 Å². The molecule has 0 aromatic carbocycles. The van der Waals surface area contributed by atoms with Gasteiger partial charge in [0.05, 0.1) is 5.69 Å². The Balaban J connectivity index is 1.92. The number of aromatic nitrogens is 2. The minimum atomic E-state index is 0.747. The Hall–Kier alpha value is -0.830. The minimum Gasteiger partial charge on any atom is -0.314 e. The van der Waals surface area contributed by atoms with E-state index < -0.39 is 0 Å². The van der Waals surface area contributed by atoms with Crippen molar-refractivity contribution in [3.05, 3.63) is 17.5 Å². The lowest BCUT2D eigenvalue weighted by molar-refractivity contribution is 0.356. The summed E-state index contributed by atoms with van der Waals surface area (Å²) in [6.45, 7) is 8.82. The van der Waals surface area contributed by atoms with E-state index in [1.54, 1.807) is 0 Å². The first-order valence-electron chi connectivity index (χ1n) is 8.07. The Morgan fingerprint density at radius 3 is 2.79 bits per heavy atom. The van der Waals surface area contributed by atoms with Crippen molar-refractivity contribution in [3.8, 4) is 0 Å². The van der Waals surface area contributed by atoms with Crippen LogP contribution < -0.4 is 5.32 Å². The summed E-state index contributed by atoms with van der Waals surface area (Å²) in [7, 11) is 0. The maximum absolute atomic E-state index is 4.73. The van der Waals surface area contributed by atoms with Crippen LogP contribution >= 0.6 is 0 Å². The van der Waals surface area contributed by atoms with Crippen LogP contribution in [0.3, 0.4) is 0 Å². The smallest absolute Gasteiger partial charge is 0.0624 e.